The molecule has 2 fully saturated rings. The summed E-state index contributed by atoms with van der Waals surface area (Å²) in [5.41, 5.74) is 5.45. The van der Waals surface area contributed by atoms with E-state index in [2.05, 4.69) is 4.90 Å². The molecule has 16 heavy (non-hydrogen) atoms. The fourth-order valence-corrected chi connectivity index (χ4v) is 2.61. The number of nitrogens with two attached hydrogens (primary N) is 1. The van der Waals surface area contributed by atoms with Gasteiger partial charge in [-0.1, -0.05) is 19.3 Å². The van der Waals surface area contributed by atoms with Gasteiger partial charge in [0.2, 0.25) is 5.91 Å². The third-order valence-electron chi connectivity index (χ3n) is 3.66. The van der Waals surface area contributed by atoms with E-state index in [1.54, 1.807) is 0 Å². The molecule has 0 radical (unpaired) electrons. The summed E-state index contributed by atoms with van der Waals surface area (Å²) in [5, 5.41) is 0. The number of hydrogen-bond acceptors (Lipinski definition) is 2. The molecule has 0 aromatic carbocycles. The Morgan fingerprint density at radius 1 is 1.12 bits per heavy atom. The lowest BCUT2D eigenvalue weighted by Crippen LogP contribution is -2.41. The minimum Gasteiger partial charge on any atom is -0.338 e. The summed E-state index contributed by atoms with van der Waals surface area (Å²) in [5.74, 6) is 0.901. The molecule has 2 aliphatic carbocycles. The Balaban J connectivity index is 0.00000128. The van der Waals surface area contributed by atoms with E-state index < -0.39 is 0 Å². The molecule has 2 aliphatic rings. The van der Waals surface area contributed by atoms with Crippen LogP contribution in [0.2, 0.25) is 0 Å². The van der Waals surface area contributed by atoms with Crippen molar-refractivity contribution in [3.05, 3.63) is 0 Å². The van der Waals surface area contributed by atoms with Gasteiger partial charge in [0.15, 0.2) is 0 Å². The summed E-state index contributed by atoms with van der Waals surface area (Å²) >= 11 is 0. The standard InChI is InChI=1S/C12H22N2O.ClH/c13-8-12(15)14(11-6-7-11)9-10-4-2-1-3-5-10;/h10-11H,1-9,13H2;1H. The van der Waals surface area contributed by atoms with Crippen molar-refractivity contribution >= 4 is 18.3 Å². The second-order valence-electron chi connectivity index (χ2n) is 4.99. The smallest absolute Gasteiger partial charge is 0.236 e. The monoisotopic (exact) mass is 246 g/mol. The van der Waals surface area contributed by atoms with Gasteiger partial charge in [-0.15, -0.1) is 12.4 Å². The third kappa shape index (κ3) is 3.63. The van der Waals surface area contributed by atoms with Gasteiger partial charge in [-0.05, 0) is 31.6 Å². The van der Waals surface area contributed by atoms with Gasteiger partial charge in [0, 0.05) is 12.6 Å². The molecule has 3 nitrogen and oxygen atoms in total. The zero-order valence-corrected chi connectivity index (χ0v) is 10.7. The molecule has 0 aliphatic heterocycles. The lowest BCUT2D eigenvalue weighted by atomic mass is 9.89. The molecule has 0 heterocycles. The topological polar surface area (TPSA) is 46.3 Å². The Bertz CT molecular complexity index is 225. The van der Waals surface area contributed by atoms with Crippen LogP contribution in [0.25, 0.3) is 0 Å². The highest BCUT2D eigenvalue weighted by molar-refractivity contribution is 5.85. The lowest BCUT2D eigenvalue weighted by Gasteiger charge is -2.29. The number of carbonyl (C=O) groups excluding carboxylic acids is 1. The van der Waals surface area contributed by atoms with Crippen LogP contribution in [-0.4, -0.2) is 29.9 Å². The molecule has 0 saturated heterocycles. The molecule has 0 atom stereocenters. The molecule has 4 heteroatoms. The average molecular weight is 247 g/mol. The van der Waals surface area contributed by atoms with Crippen LogP contribution in [0.4, 0.5) is 0 Å². The Morgan fingerprint density at radius 3 is 2.25 bits per heavy atom. The van der Waals surface area contributed by atoms with Gasteiger partial charge >= 0.3 is 0 Å². The van der Waals surface area contributed by atoms with Crippen molar-refractivity contribution in [3.63, 3.8) is 0 Å². The first-order chi connectivity index (χ1) is 7.31. The van der Waals surface area contributed by atoms with E-state index in [-0.39, 0.29) is 24.9 Å². The Hall–Kier alpha value is -0.280. The van der Waals surface area contributed by atoms with Crippen LogP contribution in [-0.2, 0) is 4.79 Å². The van der Waals surface area contributed by atoms with Crippen molar-refractivity contribution in [1.82, 2.24) is 4.90 Å². The van der Waals surface area contributed by atoms with Crippen LogP contribution in [0.3, 0.4) is 0 Å². The fraction of sp³-hybridized carbons (Fsp3) is 0.917. The maximum atomic E-state index is 11.7. The van der Waals surface area contributed by atoms with E-state index in [1.165, 1.54) is 44.9 Å². The lowest BCUT2D eigenvalue weighted by molar-refractivity contribution is -0.131. The summed E-state index contributed by atoms with van der Waals surface area (Å²) in [4.78, 5) is 13.7. The van der Waals surface area contributed by atoms with E-state index in [0.717, 1.165) is 12.5 Å². The van der Waals surface area contributed by atoms with Crippen LogP contribution in [0.1, 0.15) is 44.9 Å². The second kappa shape index (κ2) is 6.45. The van der Waals surface area contributed by atoms with Gasteiger partial charge in [-0.3, -0.25) is 4.79 Å². The number of halogens is 1. The van der Waals surface area contributed by atoms with Crippen molar-refractivity contribution in [2.24, 2.45) is 11.7 Å². The second-order valence-corrected chi connectivity index (χ2v) is 4.99. The van der Waals surface area contributed by atoms with Crippen LogP contribution in [0.5, 0.6) is 0 Å². The van der Waals surface area contributed by atoms with Crippen LogP contribution < -0.4 is 5.73 Å². The van der Waals surface area contributed by atoms with Gasteiger partial charge in [-0.2, -0.15) is 0 Å². The number of rotatable bonds is 4. The normalized spacial score (nSPS) is 21.3. The summed E-state index contributed by atoms with van der Waals surface area (Å²) < 4.78 is 0. The van der Waals surface area contributed by atoms with Crippen molar-refractivity contribution < 1.29 is 4.79 Å². The molecule has 0 aromatic heterocycles. The molecule has 0 spiro atoms. The zero-order valence-electron chi connectivity index (χ0n) is 9.86. The van der Waals surface area contributed by atoms with E-state index in [1.807, 2.05) is 0 Å². The van der Waals surface area contributed by atoms with Gasteiger partial charge in [-0.25, -0.2) is 0 Å². The number of hydrogen-bond donors (Lipinski definition) is 1. The summed E-state index contributed by atoms with van der Waals surface area (Å²) in [6.45, 7) is 1.16. The highest BCUT2D eigenvalue weighted by Gasteiger charge is 2.33. The van der Waals surface area contributed by atoms with Crippen molar-refractivity contribution in [3.8, 4) is 0 Å². The molecular weight excluding hydrogens is 224 g/mol. The minimum atomic E-state index is 0. The van der Waals surface area contributed by atoms with E-state index >= 15 is 0 Å². The van der Waals surface area contributed by atoms with Crippen LogP contribution in [0, 0.1) is 5.92 Å². The molecule has 94 valence electrons. The Kier molecular flexibility index (Phi) is 5.56. The van der Waals surface area contributed by atoms with E-state index in [9.17, 15) is 4.79 Å². The molecule has 2 rings (SSSR count). The third-order valence-corrected chi connectivity index (χ3v) is 3.66. The van der Waals surface area contributed by atoms with Crippen molar-refractivity contribution in [2.45, 2.75) is 51.0 Å². The highest BCUT2D eigenvalue weighted by Crippen LogP contribution is 2.31. The van der Waals surface area contributed by atoms with Crippen LogP contribution in [0.15, 0.2) is 0 Å². The average Bonchev–Trinajstić information content (AvgIpc) is 3.10. The molecule has 0 aromatic rings. The Labute approximate surface area is 104 Å². The SMILES string of the molecule is Cl.NCC(=O)N(CC1CCCCC1)C1CC1. The summed E-state index contributed by atoms with van der Waals surface area (Å²) in [6.07, 6.45) is 9.07. The minimum absolute atomic E-state index is 0. The molecule has 2 saturated carbocycles. The highest BCUT2D eigenvalue weighted by atomic mass is 35.5. The van der Waals surface area contributed by atoms with Crippen molar-refractivity contribution in [1.29, 1.82) is 0 Å². The maximum absolute atomic E-state index is 11.7. The van der Waals surface area contributed by atoms with Gasteiger partial charge < -0.3 is 10.6 Å². The quantitative estimate of drug-likeness (QED) is 0.824. The largest absolute Gasteiger partial charge is 0.338 e. The molecule has 1 amide bonds. The molecular formula is C12H23ClN2O. The van der Waals surface area contributed by atoms with Crippen molar-refractivity contribution in [2.75, 3.05) is 13.1 Å². The van der Waals surface area contributed by atoms with Gasteiger partial charge in [0.1, 0.15) is 0 Å². The van der Waals surface area contributed by atoms with Crippen LogP contribution >= 0.6 is 12.4 Å². The Morgan fingerprint density at radius 2 is 1.75 bits per heavy atom. The first-order valence-electron chi connectivity index (χ1n) is 6.31. The molecule has 0 unspecified atom stereocenters. The number of carbonyl (C=O) groups is 1. The van der Waals surface area contributed by atoms with E-state index in [4.69, 9.17) is 5.73 Å². The van der Waals surface area contributed by atoms with Gasteiger partial charge in [0.25, 0.3) is 0 Å². The van der Waals surface area contributed by atoms with E-state index in [0.29, 0.717) is 6.04 Å². The number of amides is 1. The first-order valence-corrected chi connectivity index (χ1v) is 6.31. The fourth-order valence-electron chi connectivity index (χ4n) is 2.61. The maximum Gasteiger partial charge on any atom is 0.236 e. The summed E-state index contributed by atoms with van der Waals surface area (Å²) in [6, 6.07) is 0.531. The predicted molar refractivity (Wildman–Crippen MR) is 67.6 cm³/mol. The predicted octanol–water partition coefficient (Wildman–Crippen LogP) is 1.94. The number of nitrogens with zero attached hydrogens (tertiary/aromatic N) is 1. The molecule has 2 N–H and O–H groups in total. The molecule has 0 bridgehead atoms. The first kappa shape index (κ1) is 13.8. The zero-order chi connectivity index (χ0) is 10.7. The summed E-state index contributed by atoms with van der Waals surface area (Å²) in [7, 11) is 0. The van der Waals surface area contributed by atoms with Gasteiger partial charge in [0.05, 0.1) is 6.54 Å².